The van der Waals surface area contributed by atoms with Crippen molar-refractivity contribution in [1.29, 1.82) is 0 Å². The summed E-state index contributed by atoms with van der Waals surface area (Å²) in [7, 11) is 0. The Kier molecular flexibility index (Phi) is 10.6. The van der Waals surface area contributed by atoms with Gasteiger partial charge in [0.25, 0.3) is 0 Å². The SMILES string of the molecule is O=C(O[C@@H]1C(O)O[C@H](COCc2ccccc2)[C@@H](OCc2ccccc2)[C@@H]1OCc1ccccc1)c1cc(F)ccc1F. The minimum Gasteiger partial charge on any atom is -0.450 e. The van der Waals surface area contributed by atoms with Crippen molar-refractivity contribution in [2.24, 2.45) is 0 Å². The molecule has 0 spiro atoms. The quantitative estimate of drug-likeness (QED) is 0.215. The highest BCUT2D eigenvalue weighted by atomic mass is 19.1. The lowest BCUT2D eigenvalue weighted by Gasteiger charge is -2.44. The molecule has 5 atom stereocenters. The first-order valence-electron chi connectivity index (χ1n) is 13.9. The Balaban J connectivity index is 1.41. The lowest BCUT2D eigenvalue weighted by atomic mass is 9.98. The van der Waals surface area contributed by atoms with E-state index in [1.54, 1.807) is 0 Å². The zero-order valence-electron chi connectivity index (χ0n) is 23.3. The average molecular weight is 591 g/mol. The summed E-state index contributed by atoms with van der Waals surface area (Å²) in [6, 6.07) is 30.7. The molecular formula is C34H32F2O7. The van der Waals surface area contributed by atoms with E-state index in [0.717, 1.165) is 34.9 Å². The first-order chi connectivity index (χ1) is 21.0. The summed E-state index contributed by atoms with van der Waals surface area (Å²) in [4.78, 5) is 13.0. The summed E-state index contributed by atoms with van der Waals surface area (Å²) < 4.78 is 58.3. The summed E-state index contributed by atoms with van der Waals surface area (Å²) in [6.45, 7) is 0.554. The predicted octanol–water partition coefficient (Wildman–Crippen LogP) is 5.60. The maximum absolute atomic E-state index is 14.4. The van der Waals surface area contributed by atoms with Crippen LogP contribution in [0.2, 0.25) is 0 Å². The van der Waals surface area contributed by atoms with Crippen molar-refractivity contribution in [2.45, 2.75) is 50.5 Å². The first-order valence-corrected chi connectivity index (χ1v) is 13.9. The lowest BCUT2D eigenvalue weighted by molar-refractivity contribution is -0.306. The molecule has 9 heteroatoms. The van der Waals surface area contributed by atoms with Gasteiger partial charge in [-0.15, -0.1) is 0 Å². The number of hydrogen-bond donors (Lipinski definition) is 1. The van der Waals surface area contributed by atoms with E-state index in [2.05, 4.69) is 0 Å². The van der Waals surface area contributed by atoms with E-state index in [1.807, 2.05) is 91.0 Å². The van der Waals surface area contributed by atoms with Gasteiger partial charge in [0.2, 0.25) is 0 Å². The van der Waals surface area contributed by atoms with Gasteiger partial charge in [-0.3, -0.25) is 0 Å². The molecule has 4 aromatic rings. The molecule has 1 fully saturated rings. The van der Waals surface area contributed by atoms with Crippen LogP contribution in [-0.2, 0) is 43.5 Å². The van der Waals surface area contributed by atoms with Crippen LogP contribution in [0.15, 0.2) is 109 Å². The number of hydrogen-bond acceptors (Lipinski definition) is 7. The smallest absolute Gasteiger partial charge is 0.341 e. The number of carbonyl (C=O) groups excluding carboxylic acids is 1. The number of rotatable bonds is 12. The second-order valence-electron chi connectivity index (χ2n) is 10.1. The summed E-state index contributed by atoms with van der Waals surface area (Å²) in [6.07, 6.45) is -5.91. The molecular weight excluding hydrogens is 558 g/mol. The van der Waals surface area contributed by atoms with Crippen molar-refractivity contribution in [3.05, 3.63) is 143 Å². The third kappa shape index (κ3) is 8.31. The van der Waals surface area contributed by atoms with E-state index in [0.29, 0.717) is 0 Å². The molecule has 4 aromatic carbocycles. The molecule has 0 radical (unpaired) electrons. The number of esters is 1. The number of halogens is 2. The van der Waals surface area contributed by atoms with E-state index in [1.165, 1.54) is 0 Å². The van der Waals surface area contributed by atoms with E-state index < -0.39 is 53.9 Å². The van der Waals surface area contributed by atoms with Gasteiger partial charge in [-0.1, -0.05) is 91.0 Å². The van der Waals surface area contributed by atoms with Crippen molar-refractivity contribution in [3.8, 4) is 0 Å². The van der Waals surface area contributed by atoms with Gasteiger partial charge >= 0.3 is 5.97 Å². The minimum absolute atomic E-state index is 0.0236. The number of ether oxygens (including phenoxy) is 5. The Labute approximate surface area is 248 Å². The maximum Gasteiger partial charge on any atom is 0.341 e. The van der Waals surface area contributed by atoms with Crippen LogP contribution in [0, 0.1) is 11.6 Å². The van der Waals surface area contributed by atoms with Crippen molar-refractivity contribution < 1.29 is 42.4 Å². The molecule has 0 aromatic heterocycles. The Hall–Kier alpha value is -3.99. The summed E-state index contributed by atoms with van der Waals surface area (Å²) in [5, 5.41) is 11.1. The predicted molar refractivity (Wildman–Crippen MR) is 153 cm³/mol. The molecule has 0 amide bonds. The number of benzene rings is 4. The van der Waals surface area contributed by atoms with Crippen LogP contribution in [-0.4, -0.2) is 48.4 Å². The average Bonchev–Trinajstić information content (AvgIpc) is 3.03. The Bertz CT molecular complexity index is 1440. The van der Waals surface area contributed by atoms with Crippen LogP contribution < -0.4 is 0 Å². The van der Waals surface area contributed by atoms with Crippen molar-refractivity contribution in [3.63, 3.8) is 0 Å². The van der Waals surface area contributed by atoms with Crippen molar-refractivity contribution in [2.75, 3.05) is 6.61 Å². The number of carbonyl (C=O) groups is 1. The van der Waals surface area contributed by atoms with Gasteiger partial charge in [-0.25, -0.2) is 13.6 Å². The molecule has 1 aliphatic heterocycles. The third-order valence-electron chi connectivity index (χ3n) is 6.96. The Morgan fingerprint density at radius 3 is 1.81 bits per heavy atom. The Morgan fingerprint density at radius 2 is 1.23 bits per heavy atom. The lowest BCUT2D eigenvalue weighted by Crippen LogP contribution is -2.61. The van der Waals surface area contributed by atoms with Gasteiger partial charge < -0.3 is 28.8 Å². The molecule has 5 rings (SSSR count). The molecule has 1 aliphatic rings. The van der Waals surface area contributed by atoms with Crippen molar-refractivity contribution >= 4 is 5.97 Å². The number of aliphatic hydroxyl groups excluding tert-OH is 1. The van der Waals surface area contributed by atoms with Gasteiger partial charge in [-0.05, 0) is 34.9 Å². The third-order valence-corrected chi connectivity index (χ3v) is 6.96. The maximum atomic E-state index is 14.4. The minimum atomic E-state index is -1.68. The van der Waals surface area contributed by atoms with Crippen LogP contribution >= 0.6 is 0 Å². The molecule has 1 heterocycles. The number of aliphatic hydroxyl groups is 1. The van der Waals surface area contributed by atoms with E-state index in [-0.39, 0.29) is 26.4 Å². The normalized spacial score (nSPS) is 21.8. The second kappa shape index (κ2) is 15.0. The molecule has 1 unspecified atom stereocenters. The Morgan fingerprint density at radius 1 is 0.698 bits per heavy atom. The monoisotopic (exact) mass is 590 g/mol. The summed E-state index contributed by atoms with van der Waals surface area (Å²) in [5.74, 6) is -2.97. The molecule has 1 N–H and O–H groups in total. The highest BCUT2D eigenvalue weighted by molar-refractivity contribution is 5.89. The molecule has 43 heavy (non-hydrogen) atoms. The summed E-state index contributed by atoms with van der Waals surface area (Å²) >= 11 is 0. The van der Waals surface area contributed by atoms with Crippen LogP contribution in [0.1, 0.15) is 27.0 Å². The van der Waals surface area contributed by atoms with Crippen molar-refractivity contribution in [1.82, 2.24) is 0 Å². The van der Waals surface area contributed by atoms with Gasteiger partial charge in [-0.2, -0.15) is 0 Å². The highest BCUT2D eigenvalue weighted by Gasteiger charge is 2.49. The molecule has 7 nitrogen and oxygen atoms in total. The van der Waals surface area contributed by atoms with Crippen LogP contribution in [0.25, 0.3) is 0 Å². The second-order valence-corrected chi connectivity index (χ2v) is 10.1. The molecule has 0 bridgehead atoms. The summed E-state index contributed by atoms with van der Waals surface area (Å²) in [5.41, 5.74) is 2.02. The molecule has 0 saturated carbocycles. The fourth-order valence-electron chi connectivity index (χ4n) is 4.79. The molecule has 0 aliphatic carbocycles. The van der Waals surface area contributed by atoms with Gasteiger partial charge in [0.15, 0.2) is 12.4 Å². The fourth-order valence-corrected chi connectivity index (χ4v) is 4.79. The highest BCUT2D eigenvalue weighted by Crippen LogP contribution is 2.30. The van der Waals surface area contributed by atoms with E-state index in [4.69, 9.17) is 23.7 Å². The van der Waals surface area contributed by atoms with Gasteiger partial charge in [0.05, 0.1) is 32.0 Å². The largest absolute Gasteiger partial charge is 0.450 e. The molecule has 224 valence electrons. The van der Waals surface area contributed by atoms with Gasteiger partial charge in [0.1, 0.15) is 29.9 Å². The standard InChI is InChI=1S/C34H32F2O7/c35-26-16-17-28(36)27(18-26)33(37)43-32-31(41-21-25-14-8-3-9-15-25)30(40-20-24-12-6-2-7-13-24)29(42-34(32)38)22-39-19-23-10-4-1-5-11-23/h1-18,29-32,34,38H,19-22H2/t29-,30-,31+,32+,34?/m1/s1. The topological polar surface area (TPSA) is 83.5 Å². The van der Waals surface area contributed by atoms with E-state index in [9.17, 15) is 18.7 Å². The van der Waals surface area contributed by atoms with E-state index >= 15 is 0 Å². The fraction of sp³-hybridized carbons (Fsp3) is 0.265. The van der Waals surface area contributed by atoms with Gasteiger partial charge in [0, 0.05) is 0 Å². The molecule has 1 saturated heterocycles. The zero-order valence-corrected chi connectivity index (χ0v) is 23.3. The van der Waals surface area contributed by atoms with Crippen LogP contribution in [0.3, 0.4) is 0 Å². The van der Waals surface area contributed by atoms with Crippen LogP contribution in [0.5, 0.6) is 0 Å². The zero-order chi connectivity index (χ0) is 30.0. The first kappa shape index (κ1) is 30.5. The van der Waals surface area contributed by atoms with Crippen LogP contribution in [0.4, 0.5) is 8.78 Å².